The third-order valence-electron chi connectivity index (χ3n) is 5.62. The number of Topliss-reactive ketones (excluding diaryl/α,β-unsaturated/α-hetero) is 2. The van der Waals surface area contributed by atoms with E-state index >= 15 is 0 Å². The molecule has 0 radical (unpaired) electrons. The van der Waals surface area contributed by atoms with Crippen LogP contribution in [0.3, 0.4) is 0 Å². The lowest BCUT2D eigenvalue weighted by Gasteiger charge is -2.33. The number of nitrogens with one attached hydrogen (secondary N) is 1. The molecule has 4 heteroatoms. The van der Waals surface area contributed by atoms with Gasteiger partial charge in [0.05, 0.1) is 11.3 Å². The minimum Gasteiger partial charge on any atom is -0.505 e. The van der Waals surface area contributed by atoms with Gasteiger partial charge in [0, 0.05) is 18.0 Å². The van der Waals surface area contributed by atoms with Crippen molar-refractivity contribution in [2.24, 2.45) is 11.8 Å². The third kappa shape index (κ3) is 4.42. The number of hydrogen-bond donors (Lipinski definition) is 2. The highest BCUT2D eigenvalue weighted by Crippen LogP contribution is 2.41. The Kier molecular flexibility index (Phi) is 7.23. The number of hydrogen-bond acceptors (Lipinski definition) is 4. The van der Waals surface area contributed by atoms with Crippen LogP contribution in [-0.2, 0) is 9.59 Å². The summed E-state index contributed by atoms with van der Waals surface area (Å²) in [5, 5.41) is 14.2. The average molecular weight is 372 g/mol. The number of likely N-dealkylation sites (N-methyl/N-ethyl adjacent to an activating group) is 1. The third-order valence-corrected chi connectivity index (χ3v) is 5.62. The van der Waals surface area contributed by atoms with E-state index < -0.39 is 11.6 Å². The second kappa shape index (κ2) is 9.20. The summed E-state index contributed by atoms with van der Waals surface area (Å²) in [6, 6.07) is 0. The van der Waals surface area contributed by atoms with Gasteiger partial charge in [0.15, 0.2) is 0 Å². The Morgan fingerprint density at radius 2 is 1.96 bits per heavy atom. The number of allylic oxidation sites excluding steroid dienone is 5. The number of carbonyl (C=O) groups excluding carboxylic acids is 2. The van der Waals surface area contributed by atoms with Gasteiger partial charge in [-0.1, -0.05) is 43.6 Å². The molecule has 0 saturated heterocycles. The molecule has 2 aliphatic carbocycles. The molecule has 0 aliphatic heterocycles. The zero-order valence-electron chi connectivity index (χ0n) is 17.2. The van der Waals surface area contributed by atoms with E-state index in [0.717, 1.165) is 37.7 Å². The molecule has 0 saturated carbocycles. The van der Waals surface area contributed by atoms with Crippen LogP contribution in [0.25, 0.3) is 0 Å². The van der Waals surface area contributed by atoms with Gasteiger partial charge in [-0.2, -0.15) is 0 Å². The zero-order valence-corrected chi connectivity index (χ0v) is 17.2. The Morgan fingerprint density at radius 1 is 1.26 bits per heavy atom. The number of unbranched alkanes of at least 4 members (excludes halogenated alkanes) is 2. The van der Waals surface area contributed by atoms with E-state index in [0.29, 0.717) is 24.2 Å². The summed E-state index contributed by atoms with van der Waals surface area (Å²) < 4.78 is 0. The summed E-state index contributed by atoms with van der Waals surface area (Å²) in [7, 11) is 0. The number of ketones is 2. The molecule has 27 heavy (non-hydrogen) atoms. The second-order valence-electron chi connectivity index (χ2n) is 7.79. The molecule has 0 unspecified atom stereocenters. The van der Waals surface area contributed by atoms with E-state index in [4.69, 9.17) is 0 Å². The van der Waals surface area contributed by atoms with Gasteiger partial charge in [0.2, 0.25) is 11.6 Å². The summed E-state index contributed by atoms with van der Waals surface area (Å²) in [6.07, 6.45) is 7.23. The van der Waals surface area contributed by atoms with Crippen LogP contribution < -0.4 is 5.32 Å². The highest BCUT2D eigenvalue weighted by atomic mass is 16.3. The second-order valence-corrected chi connectivity index (χ2v) is 7.79. The normalized spacial score (nSPS) is 23.6. The molecule has 0 amide bonds. The van der Waals surface area contributed by atoms with Crippen LogP contribution >= 0.6 is 0 Å². The van der Waals surface area contributed by atoms with Crippen molar-refractivity contribution in [2.75, 3.05) is 6.54 Å². The van der Waals surface area contributed by atoms with Gasteiger partial charge in [-0.25, -0.2) is 0 Å². The molecule has 0 aromatic heterocycles. The van der Waals surface area contributed by atoms with Crippen molar-refractivity contribution in [3.05, 3.63) is 46.4 Å². The first-order chi connectivity index (χ1) is 12.8. The van der Waals surface area contributed by atoms with Crippen molar-refractivity contribution >= 4 is 11.6 Å². The van der Waals surface area contributed by atoms with Gasteiger partial charge < -0.3 is 10.4 Å². The summed E-state index contributed by atoms with van der Waals surface area (Å²) in [5.41, 5.74) is 3.28. The van der Waals surface area contributed by atoms with Crippen molar-refractivity contribution in [1.29, 1.82) is 0 Å². The highest BCUT2D eigenvalue weighted by molar-refractivity contribution is 6.50. The first-order valence-corrected chi connectivity index (χ1v) is 10.2. The summed E-state index contributed by atoms with van der Waals surface area (Å²) in [4.78, 5) is 25.9. The molecular formula is C23H33NO3. The SMILES string of the molecule is C=C(C)[C@@H]1CCC(C)=C[C@H]1C1=C(O)C(NCC)=C(CCCCC)C(=O)C1=O. The Hall–Kier alpha value is -2.10. The summed E-state index contributed by atoms with van der Waals surface area (Å²) in [6.45, 7) is 12.7. The van der Waals surface area contributed by atoms with Crippen molar-refractivity contribution < 1.29 is 14.7 Å². The number of rotatable bonds is 8. The van der Waals surface area contributed by atoms with E-state index in [1.165, 1.54) is 5.57 Å². The molecule has 0 spiro atoms. The molecular weight excluding hydrogens is 338 g/mol. The maximum absolute atomic E-state index is 13.0. The van der Waals surface area contributed by atoms with Gasteiger partial charge >= 0.3 is 0 Å². The van der Waals surface area contributed by atoms with Crippen molar-refractivity contribution in [3.8, 4) is 0 Å². The lowest BCUT2D eigenvalue weighted by Crippen LogP contribution is -2.36. The Morgan fingerprint density at radius 3 is 2.56 bits per heavy atom. The van der Waals surface area contributed by atoms with Crippen molar-refractivity contribution in [2.45, 2.75) is 66.2 Å². The van der Waals surface area contributed by atoms with Crippen LogP contribution in [-0.4, -0.2) is 23.2 Å². The van der Waals surface area contributed by atoms with Gasteiger partial charge in [0.25, 0.3) is 0 Å². The minimum absolute atomic E-state index is 0.0462. The quantitative estimate of drug-likeness (QED) is 0.274. The van der Waals surface area contributed by atoms with E-state index in [2.05, 4.69) is 18.8 Å². The molecule has 148 valence electrons. The van der Waals surface area contributed by atoms with Crippen molar-refractivity contribution in [1.82, 2.24) is 5.32 Å². The molecule has 2 atom stereocenters. The summed E-state index contributed by atoms with van der Waals surface area (Å²) >= 11 is 0. The first-order valence-electron chi connectivity index (χ1n) is 10.2. The fourth-order valence-corrected chi connectivity index (χ4v) is 4.13. The fourth-order valence-electron chi connectivity index (χ4n) is 4.13. The topological polar surface area (TPSA) is 66.4 Å². The Bertz CT molecular complexity index is 724. The summed E-state index contributed by atoms with van der Waals surface area (Å²) in [5.74, 6) is -1.30. The molecule has 2 rings (SSSR count). The Balaban J connectivity index is 2.56. The van der Waals surface area contributed by atoms with Gasteiger partial charge in [-0.15, -0.1) is 0 Å². The van der Waals surface area contributed by atoms with Crippen LogP contribution in [0, 0.1) is 11.8 Å². The van der Waals surface area contributed by atoms with E-state index in [1.54, 1.807) is 0 Å². The van der Waals surface area contributed by atoms with Crippen LogP contribution in [0.15, 0.2) is 46.4 Å². The van der Waals surface area contributed by atoms with Crippen LogP contribution in [0.4, 0.5) is 0 Å². The number of aliphatic hydroxyl groups is 1. The lowest BCUT2D eigenvalue weighted by molar-refractivity contribution is -0.133. The highest BCUT2D eigenvalue weighted by Gasteiger charge is 2.41. The standard InChI is InChI=1S/C23H33NO3/c1-6-8-9-10-17-20(24-7-2)22(26)19(23(27)21(17)25)18-13-15(5)11-12-16(18)14(3)4/h13,16,18,24,26H,3,6-12H2,1-2,4-5H3/t16-,18+/m0/s1. The largest absolute Gasteiger partial charge is 0.505 e. The monoisotopic (exact) mass is 371 g/mol. The Labute approximate surface area is 163 Å². The predicted molar refractivity (Wildman–Crippen MR) is 109 cm³/mol. The average Bonchev–Trinajstić information content (AvgIpc) is 2.62. The minimum atomic E-state index is -0.553. The van der Waals surface area contributed by atoms with Gasteiger partial charge in [-0.05, 0) is 52.4 Å². The van der Waals surface area contributed by atoms with E-state index in [1.807, 2.05) is 26.8 Å². The fraction of sp³-hybridized carbons (Fsp3) is 0.565. The maximum atomic E-state index is 13.0. The van der Waals surface area contributed by atoms with Crippen LogP contribution in [0.1, 0.15) is 66.2 Å². The molecule has 0 bridgehead atoms. The van der Waals surface area contributed by atoms with Gasteiger partial charge in [0.1, 0.15) is 5.76 Å². The predicted octanol–water partition coefficient (Wildman–Crippen LogP) is 4.94. The first kappa shape index (κ1) is 21.2. The van der Waals surface area contributed by atoms with Crippen molar-refractivity contribution in [3.63, 3.8) is 0 Å². The molecule has 0 aromatic rings. The molecule has 4 nitrogen and oxygen atoms in total. The van der Waals surface area contributed by atoms with E-state index in [-0.39, 0.29) is 23.2 Å². The number of carbonyl (C=O) groups is 2. The number of aliphatic hydroxyl groups excluding tert-OH is 1. The van der Waals surface area contributed by atoms with Crippen LogP contribution in [0.2, 0.25) is 0 Å². The van der Waals surface area contributed by atoms with Gasteiger partial charge in [-0.3, -0.25) is 9.59 Å². The van der Waals surface area contributed by atoms with E-state index in [9.17, 15) is 14.7 Å². The molecule has 0 fully saturated rings. The maximum Gasteiger partial charge on any atom is 0.233 e. The van der Waals surface area contributed by atoms with Crippen LogP contribution in [0.5, 0.6) is 0 Å². The molecule has 0 aromatic carbocycles. The zero-order chi connectivity index (χ0) is 20.1. The molecule has 2 N–H and O–H groups in total. The molecule has 2 aliphatic rings. The lowest BCUT2D eigenvalue weighted by atomic mass is 9.70. The smallest absolute Gasteiger partial charge is 0.233 e. The molecule has 0 heterocycles.